The summed E-state index contributed by atoms with van der Waals surface area (Å²) >= 11 is 13.2. The normalized spacial score (nSPS) is 14.1. The van der Waals surface area contributed by atoms with Crippen LogP contribution in [0.1, 0.15) is 39.5 Å². The van der Waals surface area contributed by atoms with Crippen LogP contribution in [0.5, 0.6) is 0 Å². The fourth-order valence-corrected chi connectivity index (χ4v) is 6.16. The number of halogens is 2. The van der Waals surface area contributed by atoms with Gasteiger partial charge in [-0.3, -0.25) is 4.79 Å². The molecule has 2 atom stereocenters. The predicted molar refractivity (Wildman–Crippen MR) is 181 cm³/mol. The molecule has 1 unspecified atom stereocenters. The Labute approximate surface area is 281 Å². The van der Waals surface area contributed by atoms with E-state index >= 15 is 0 Å². The van der Waals surface area contributed by atoms with Crippen molar-refractivity contribution in [3.63, 3.8) is 0 Å². The summed E-state index contributed by atoms with van der Waals surface area (Å²) in [4.78, 5) is 44.2. The number of ether oxygens (including phenoxy) is 1. The number of rotatable bonds is 10. The van der Waals surface area contributed by atoms with Gasteiger partial charge in [-0.2, -0.15) is 0 Å². The first-order valence-corrected chi connectivity index (χ1v) is 15.8. The van der Waals surface area contributed by atoms with E-state index in [1.54, 1.807) is 23.0 Å². The highest BCUT2D eigenvalue weighted by molar-refractivity contribution is 6.40. The molecule has 0 aliphatic heterocycles. The van der Waals surface area contributed by atoms with E-state index in [0.29, 0.717) is 5.69 Å². The number of hydrogen-bond donors (Lipinski definition) is 3. The molecule has 9 nitrogen and oxygen atoms in total. The molecule has 4 aromatic carbocycles. The van der Waals surface area contributed by atoms with Crippen molar-refractivity contribution in [3.05, 3.63) is 142 Å². The van der Waals surface area contributed by atoms with Crippen LogP contribution in [-0.4, -0.2) is 40.0 Å². The van der Waals surface area contributed by atoms with Crippen LogP contribution in [-0.2, 0) is 22.6 Å². The minimum Gasteiger partial charge on any atom is -0.459 e. The molecule has 0 bridgehead atoms. The second-order valence-electron chi connectivity index (χ2n) is 11.1. The standard InChI is InChI=1S/C36H31Cl2N5O4/c37-28-17-26(43-20-32(40-22-43)25-12-5-2-6-13-25)18-29(38)33(28)34(44)41-31(35(45)47-21-23-9-3-1-4-10-23)19-39-36(46)42-30-16-15-24-11-7-8-14-27(24)30/h1-14,17-18,20,22,30-31H,15-16,19,21H2,(H,41,44)(H2,39,42,46)/t30-,31?/m1/s1. The number of nitrogens with one attached hydrogen (secondary N) is 3. The average molecular weight is 669 g/mol. The smallest absolute Gasteiger partial charge is 0.330 e. The monoisotopic (exact) mass is 667 g/mol. The Morgan fingerprint density at radius 3 is 2.34 bits per heavy atom. The number of benzene rings is 4. The molecular weight excluding hydrogens is 637 g/mol. The Hall–Kier alpha value is -5.12. The van der Waals surface area contributed by atoms with Gasteiger partial charge >= 0.3 is 12.0 Å². The molecule has 1 aliphatic carbocycles. The summed E-state index contributed by atoms with van der Waals surface area (Å²) in [6.07, 6.45) is 5.09. The maximum Gasteiger partial charge on any atom is 0.330 e. The largest absolute Gasteiger partial charge is 0.459 e. The summed E-state index contributed by atoms with van der Waals surface area (Å²) in [5.74, 6) is -1.43. The van der Waals surface area contributed by atoms with Gasteiger partial charge in [0.1, 0.15) is 12.6 Å². The topological polar surface area (TPSA) is 114 Å². The van der Waals surface area contributed by atoms with E-state index in [9.17, 15) is 14.4 Å². The van der Waals surface area contributed by atoms with Gasteiger partial charge in [-0.15, -0.1) is 0 Å². The van der Waals surface area contributed by atoms with Crippen LogP contribution in [0.4, 0.5) is 4.79 Å². The zero-order valence-corrected chi connectivity index (χ0v) is 26.7. The number of aromatic nitrogens is 2. The number of carbonyl (C=O) groups is 3. The molecule has 3 amide bonds. The highest BCUT2D eigenvalue weighted by Gasteiger charge is 2.28. The van der Waals surface area contributed by atoms with Crippen molar-refractivity contribution in [2.75, 3.05) is 6.54 Å². The number of hydrogen-bond acceptors (Lipinski definition) is 5. The van der Waals surface area contributed by atoms with Crippen molar-refractivity contribution in [2.45, 2.75) is 31.5 Å². The average Bonchev–Trinajstić information content (AvgIpc) is 3.74. The molecule has 1 aliphatic rings. The van der Waals surface area contributed by atoms with E-state index in [0.717, 1.165) is 35.2 Å². The molecule has 3 N–H and O–H groups in total. The van der Waals surface area contributed by atoms with E-state index in [2.05, 4.69) is 20.9 Å². The van der Waals surface area contributed by atoms with E-state index in [4.69, 9.17) is 27.9 Å². The van der Waals surface area contributed by atoms with Gasteiger partial charge in [0.2, 0.25) is 0 Å². The first kappa shape index (κ1) is 31.8. The molecule has 0 saturated carbocycles. The molecule has 6 rings (SSSR count). The van der Waals surface area contributed by atoms with E-state index < -0.39 is 23.9 Å². The zero-order valence-electron chi connectivity index (χ0n) is 25.2. The maximum atomic E-state index is 13.5. The summed E-state index contributed by atoms with van der Waals surface area (Å²) in [5, 5.41) is 8.47. The summed E-state index contributed by atoms with van der Waals surface area (Å²) in [6, 6.07) is 28.1. The lowest BCUT2D eigenvalue weighted by Gasteiger charge is -2.21. The molecule has 0 saturated heterocycles. The summed E-state index contributed by atoms with van der Waals surface area (Å²) < 4.78 is 7.26. The van der Waals surface area contributed by atoms with Gasteiger partial charge in [-0.25, -0.2) is 14.6 Å². The first-order valence-electron chi connectivity index (χ1n) is 15.1. The number of amides is 3. The molecule has 1 aromatic heterocycles. The molecule has 238 valence electrons. The molecular formula is C36H31Cl2N5O4. The third-order valence-electron chi connectivity index (χ3n) is 7.92. The first-order chi connectivity index (χ1) is 22.9. The molecule has 1 heterocycles. The Balaban J connectivity index is 1.16. The Morgan fingerprint density at radius 1 is 0.915 bits per heavy atom. The number of imidazole rings is 1. The molecule has 0 fully saturated rings. The molecule has 47 heavy (non-hydrogen) atoms. The fourth-order valence-electron chi connectivity index (χ4n) is 5.51. The summed E-state index contributed by atoms with van der Waals surface area (Å²) in [6.45, 7) is -0.243. The second-order valence-corrected chi connectivity index (χ2v) is 11.9. The second kappa shape index (κ2) is 14.5. The highest BCUT2D eigenvalue weighted by atomic mass is 35.5. The predicted octanol–water partition coefficient (Wildman–Crippen LogP) is 6.67. The van der Waals surface area contributed by atoms with Gasteiger partial charge in [-0.05, 0) is 41.7 Å². The Morgan fingerprint density at radius 2 is 1.60 bits per heavy atom. The number of fused-ring (bicyclic) bond motifs is 1. The minimum absolute atomic E-state index is 0.0107. The minimum atomic E-state index is -1.23. The fraction of sp³-hybridized carbons (Fsp3) is 0.167. The Bertz CT molecular complexity index is 1880. The molecule has 11 heteroatoms. The molecule has 5 aromatic rings. The SMILES string of the molecule is O=C(NCC(NC(=O)c1c(Cl)cc(-n2cnc(-c3ccccc3)c2)cc1Cl)C(=O)OCc1ccccc1)N[C@@H]1CCc2ccccc21. The number of urea groups is 1. The van der Waals surface area contributed by atoms with Gasteiger partial charge in [0.05, 0.1) is 40.2 Å². The van der Waals surface area contributed by atoms with Crippen molar-refractivity contribution in [3.8, 4) is 16.9 Å². The van der Waals surface area contributed by atoms with Crippen LogP contribution in [0, 0.1) is 0 Å². The number of carbonyl (C=O) groups excluding carboxylic acids is 3. The third kappa shape index (κ3) is 7.65. The lowest BCUT2D eigenvalue weighted by atomic mass is 10.1. The lowest BCUT2D eigenvalue weighted by Crippen LogP contribution is -2.51. The summed E-state index contributed by atoms with van der Waals surface area (Å²) in [7, 11) is 0. The van der Waals surface area contributed by atoms with Crippen LogP contribution in [0.15, 0.2) is 110 Å². The van der Waals surface area contributed by atoms with Gasteiger partial charge in [0, 0.05) is 17.4 Å². The van der Waals surface area contributed by atoms with Gasteiger partial charge in [0.25, 0.3) is 5.91 Å². The van der Waals surface area contributed by atoms with E-state index in [-0.39, 0.29) is 34.8 Å². The maximum absolute atomic E-state index is 13.5. The third-order valence-corrected chi connectivity index (χ3v) is 8.52. The van der Waals surface area contributed by atoms with Gasteiger partial charge in [0.15, 0.2) is 0 Å². The highest BCUT2D eigenvalue weighted by Crippen LogP contribution is 2.31. The van der Waals surface area contributed by atoms with E-state index in [1.807, 2.05) is 91.1 Å². The molecule has 0 radical (unpaired) electrons. The molecule has 0 spiro atoms. The number of aryl methyl sites for hydroxylation is 1. The number of esters is 1. The van der Waals surface area contributed by atoms with E-state index in [1.165, 1.54) is 5.56 Å². The van der Waals surface area contributed by atoms with Crippen LogP contribution >= 0.6 is 23.2 Å². The van der Waals surface area contributed by atoms with Crippen LogP contribution < -0.4 is 16.0 Å². The quantitative estimate of drug-likeness (QED) is 0.144. The van der Waals surface area contributed by atoms with Crippen molar-refractivity contribution < 1.29 is 19.1 Å². The van der Waals surface area contributed by atoms with Crippen LogP contribution in [0.2, 0.25) is 10.0 Å². The van der Waals surface area contributed by atoms with Crippen molar-refractivity contribution >= 4 is 41.1 Å². The zero-order chi connectivity index (χ0) is 32.8. The van der Waals surface area contributed by atoms with Crippen molar-refractivity contribution in [1.29, 1.82) is 0 Å². The van der Waals surface area contributed by atoms with Crippen LogP contribution in [0.25, 0.3) is 16.9 Å². The van der Waals surface area contributed by atoms with Crippen molar-refractivity contribution in [2.24, 2.45) is 0 Å². The van der Waals surface area contributed by atoms with Gasteiger partial charge in [-0.1, -0.05) is 108 Å². The van der Waals surface area contributed by atoms with Crippen molar-refractivity contribution in [1.82, 2.24) is 25.5 Å². The van der Waals surface area contributed by atoms with Gasteiger partial charge < -0.3 is 25.3 Å². The lowest BCUT2D eigenvalue weighted by molar-refractivity contribution is -0.147. The summed E-state index contributed by atoms with van der Waals surface area (Å²) in [5.41, 5.74) is 5.30. The number of nitrogens with zero attached hydrogens (tertiary/aromatic N) is 2. The Kier molecular flexibility index (Phi) is 9.85. The van der Waals surface area contributed by atoms with Crippen LogP contribution in [0.3, 0.4) is 0 Å².